The molecule has 74 valence electrons. The van der Waals surface area contributed by atoms with Gasteiger partial charge in [-0.05, 0) is 31.9 Å². The van der Waals surface area contributed by atoms with Gasteiger partial charge in [0.1, 0.15) is 0 Å². The van der Waals surface area contributed by atoms with Gasteiger partial charge in [0.2, 0.25) is 0 Å². The molecule has 0 aromatic rings. The van der Waals surface area contributed by atoms with Crippen LogP contribution in [0.5, 0.6) is 0 Å². The van der Waals surface area contributed by atoms with Crippen LogP contribution in [0.4, 0.5) is 0 Å². The maximum absolute atomic E-state index is 6.43. The Balaban J connectivity index is 3.31. The van der Waals surface area contributed by atoms with Gasteiger partial charge in [-0.2, -0.15) is 0 Å². The first-order chi connectivity index (χ1) is 5.83. The normalized spacial score (nSPS) is 29.5. The zero-order valence-corrected chi connectivity index (χ0v) is 11.4. The lowest BCUT2D eigenvalue weighted by Crippen LogP contribution is -2.24. The molecule has 2 heteroatoms. The van der Waals surface area contributed by atoms with Crippen molar-refractivity contribution in [3.63, 3.8) is 0 Å². The number of allylic oxidation sites excluding steroid dienone is 4. The highest BCUT2D eigenvalue weighted by molar-refractivity contribution is 6.64. The Morgan fingerprint density at radius 1 is 1.08 bits per heavy atom. The van der Waals surface area contributed by atoms with E-state index in [1.165, 1.54) is 16.7 Å². The summed E-state index contributed by atoms with van der Waals surface area (Å²) in [6, 6.07) is 0. The second-order valence-corrected chi connectivity index (χ2v) is 8.39. The largest absolute Gasteiger partial charge is 0.0882 e. The lowest BCUT2D eigenvalue weighted by atomic mass is 10.0. The standard InChI is InChI=1S/C11H19ClSi/c1-7-8(2)10(12)11(4,9(7)3)13(5)6/h13H,1-6H3. The summed E-state index contributed by atoms with van der Waals surface area (Å²) < 4.78 is 0. The second-order valence-electron chi connectivity index (χ2n) is 4.55. The number of hydrogen-bond donors (Lipinski definition) is 0. The molecule has 0 radical (unpaired) electrons. The first-order valence-corrected chi connectivity index (χ1v) is 8.15. The zero-order valence-electron chi connectivity index (χ0n) is 9.46. The maximum atomic E-state index is 6.43. The van der Waals surface area contributed by atoms with Crippen LogP contribution < -0.4 is 0 Å². The fraction of sp³-hybridized carbons (Fsp3) is 0.636. The van der Waals surface area contributed by atoms with Gasteiger partial charge in [0.15, 0.2) is 0 Å². The van der Waals surface area contributed by atoms with Gasteiger partial charge in [0, 0.05) is 18.9 Å². The second kappa shape index (κ2) is 3.29. The Morgan fingerprint density at radius 2 is 1.54 bits per heavy atom. The molecule has 0 amide bonds. The molecule has 1 aliphatic carbocycles. The molecule has 1 unspecified atom stereocenters. The summed E-state index contributed by atoms with van der Waals surface area (Å²) in [5, 5.41) is 1.32. The van der Waals surface area contributed by atoms with E-state index in [-0.39, 0.29) is 5.04 Å². The van der Waals surface area contributed by atoms with Crippen LogP contribution in [0.25, 0.3) is 0 Å². The third-order valence-electron chi connectivity index (χ3n) is 3.84. The van der Waals surface area contributed by atoms with Crippen LogP contribution in [0.3, 0.4) is 0 Å². The van der Waals surface area contributed by atoms with Crippen molar-refractivity contribution in [3.05, 3.63) is 21.8 Å². The molecule has 0 saturated heterocycles. The Labute approximate surface area is 88.3 Å². The van der Waals surface area contributed by atoms with E-state index in [1.54, 1.807) is 0 Å². The number of rotatable bonds is 1. The van der Waals surface area contributed by atoms with Crippen molar-refractivity contribution in [1.82, 2.24) is 0 Å². The number of hydrogen-bond acceptors (Lipinski definition) is 0. The average molecular weight is 215 g/mol. The average Bonchev–Trinajstić information content (AvgIpc) is 2.22. The van der Waals surface area contributed by atoms with E-state index >= 15 is 0 Å². The van der Waals surface area contributed by atoms with E-state index in [2.05, 4.69) is 40.8 Å². The summed E-state index contributed by atoms with van der Waals surface area (Å²) in [7, 11) is -0.778. The van der Waals surface area contributed by atoms with Crippen molar-refractivity contribution in [2.24, 2.45) is 0 Å². The monoisotopic (exact) mass is 214 g/mol. The van der Waals surface area contributed by atoms with Crippen LogP contribution in [0, 0.1) is 0 Å². The van der Waals surface area contributed by atoms with Gasteiger partial charge in [0.05, 0.1) is 0 Å². The highest BCUT2D eigenvalue weighted by atomic mass is 35.5. The van der Waals surface area contributed by atoms with Crippen LogP contribution in [-0.2, 0) is 0 Å². The lowest BCUT2D eigenvalue weighted by molar-refractivity contribution is 0.857. The van der Waals surface area contributed by atoms with Crippen molar-refractivity contribution in [2.75, 3.05) is 0 Å². The van der Waals surface area contributed by atoms with E-state index in [9.17, 15) is 0 Å². The van der Waals surface area contributed by atoms with Crippen molar-refractivity contribution < 1.29 is 0 Å². The molecule has 0 saturated carbocycles. The van der Waals surface area contributed by atoms with Gasteiger partial charge < -0.3 is 0 Å². The van der Waals surface area contributed by atoms with Gasteiger partial charge in [0.25, 0.3) is 0 Å². The maximum Gasteiger partial charge on any atom is 0.0486 e. The van der Waals surface area contributed by atoms with Crippen LogP contribution >= 0.6 is 11.6 Å². The molecule has 0 aromatic carbocycles. The van der Waals surface area contributed by atoms with Crippen molar-refractivity contribution >= 4 is 20.4 Å². The molecular formula is C11H19ClSi. The highest BCUT2D eigenvalue weighted by Crippen LogP contribution is 2.55. The molecule has 0 nitrogen and oxygen atoms in total. The third-order valence-corrected chi connectivity index (χ3v) is 7.73. The Bertz CT molecular complexity index is 273. The van der Waals surface area contributed by atoms with Crippen molar-refractivity contribution in [1.29, 1.82) is 0 Å². The smallest absolute Gasteiger partial charge is 0.0486 e. The molecule has 13 heavy (non-hydrogen) atoms. The zero-order chi connectivity index (χ0) is 10.4. The summed E-state index contributed by atoms with van der Waals surface area (Å²) in [6.07, 6.45) is 0. The molecule has 0 heterocycles. The molecule has 0 aromatic heterocycles. The van der Waals surface area contributed by atoms with Gasteiger partial charge in [-0.3, -0.25) is 0 Å². The Morgan fingerprint density at radius 3 is 1.69 bits per heavy atom. The molecule has 0 fully saturated rings. The molecular weight excluding hydrogens is 196 g/mol. The quantitative estimate of drug-likeness (QED) is 0.577. The van der Waals surface area contributed by atoms with Gasteiger partial charge >= 0.3 is 0 Å². The van der Waals surface area contributed by atoms with Crippen LogP contribution in [0.2, 0.25) is 18.1 Å². The minimum Gasteiger partial charge on any atom is -0.0882 e. The molecule has 0 aliphatic heterocycles. The first kappa shape index (κ1) is 11.1. The SMILES string of the molecule is CC1=C(C)C(C)([SiH](C)C)C(Cl)=C1C. The van der Waals surface area contributed by atoms with Gasteiger partial charge in [-0.15, -0.1) is 0 Å². The fourth-order valence-electron chi connectivity index (χ4n) is 2.08. The van der Waals surface area contributed by atoms with E-state index in [0.29, 0.717) is 0 Å². The van der Waals surface area contributed by atoms with Gasteiger partial charge in [-0.1, -0.05) is 37.2 Å². The summed E-state index contributed by atoms with van der Waals surface area (Å²) in [6.45, 7) is 13.6. The molecule has 0 spiro atoms. The van der Waals surface area contributed by atoms with E-state index < -0.39 is 8.80 Å². The minimum absolute atomic E-state index is 0.218. The van der Waals surface area contributed by atoms with Crippen LogP contribution in [0.15, 0.2) is 21.8 Å². The summed E-state index contributed by atoms with van der Waals surface area (Å²) in [4.78, 5) is 0. The highest BCUT2D eigenvalue weighted by Gasteiger charge is 2.40. The van der Waals surface area contributed by atoms with Crippen LogP contribution in [0.1, 0.15) is 27.7 Å². The van der Waals surface area contributed by atoms with Crippen molar-refractivity contribution in [2.45, 2.75) is 45.8 Å². The minimum atomic E-state index is -0.778. The predicted molar refractivity (Wildman–Crippen MR) is 64.2 cm³/mol. The van der Waals surface area contributed by atoms with Crippen LogP contribution in [-0.4, -0.2) is 8.80 Å². The lowest BCUT2D eigenvalue weighted by Gasteiger charge is -2.31. The number of halogens is 1. The molecule has 0 bridgehead atoms. The van der Waals surface area contributed by atoms with Crippen molar-refractivity contribution in [3.8, 4) is 0 Å². The van der Waals surface area contributed by atoms with Gasteiger partial charge in [-0.25, -0.2) is 0 Å². The third kappa shape index (κ3) is 1.33. The Kier molecular flexibility index (Phi) is 2.80. The molecule has 0 N–H and O–H groups in total. The Hall–Kier alpha value is -0.0131. The fourth-order valence-corrected chi connectivity index (χ4v) is 4.82. The predicted octanol–water partition coefficient (Wildman–Crippen LogP) is 4.10. The molecule has 1 rings (SSSR count). The first-order valence-electron chi connectivity index (χ1n) is 4.88. The molecule has 1 atom stereocenters. The summed E-state index contributed by atoms with van der Waals surface area (Å²) in [5.74, 6) is 0. The topological polar surface area (TPSA) is 0 Å². The molecule has 1 aliphatic rings. The summed E-state index contributed by atoms with van der Waals surface area (Å²) in [5.41, 5.74) is 4.22. The van der Waals surface area contributed by atoms with E-state index in [0.717, 1.165) is 5.03 Å². The van der Waals surface area contributed by atoms with E-state index in [1.807, 2.05) is 0 Å². The summed E-state index contributed by atoms with van der Waals surface area (Å²) >= 11 is 6.43. The van der Waals surface area contributed by atoms with E-state index in [4.69, 9.17) is 11.6 Å².